The lowest BCUT2D eigenvalue weighted by molar-refractivity contribution is 0.827. The first-order chi connectivity index (χ1) is 7.81. The minimum Gasteiger partial charge on any atom is -0.318 e. The average Bonchev–Trinajstić information content (AvgIpc) is 2.78. The summed E-state index contributed by atoms with van der Waals surface area (Å²) in [6.45, 7) is 2.16. The van der Waals surface area contributed by atoms with E-state index in [1.54, 1.807) is 11.3 Å². The lowest BCUT2D eigenvalue weighted by Gasteiger charge is -2.07. The van der Waals surface area contributed by atoms with Gasteiger partial charge in [-0.1, -0.05) is 43.7 Å². The van der Waals surface area contributed by atoms with Gasteiger partial charge in [0.2, 0.25) is 0 Å². The molecule has 0 bridgehead atoms. The third kappa shape index (κ3) is 2.49. The van der Waals surface area contributed by atoms with Crippen LogP contribution in [0.25, 0.3) is 0 Å². The fourth-order valence-electron chi connectivity index (χ4n) is 1.64. The van der Waals surface area contributed by atoms with Gasteiger partial charge in [-0.15, -0.1) is 11.3 Å². The first kappa shape index (κ1) is 11.3. The molecule has 1 unspecified atom stereocenters. The number of thiazole rings is 1. The maximum absolute atomic E-state index is 6.17. The van der Waals surface area contributed by atoms with E-state index in [4.69, 9.17) is 5.73 Å². The Morgan fingerprint density at radius 2 is 2.06 bits per heavy atom. The third-order valence-corrected chi connectivity index (χ3v) is 3.48. The Morgan fingerprint density at radius 3 is 2.75 bits per heavy atom. The molecule has 0 fully saturated rings. The molecule has 2 aromatic rings. The van der Waals surface area contributed by atoms with Gasteiger partial charge in [-0.2, -0.15) is 0 Å². The number of hydrogen-bond donors (Lipinski definition) is 1. The molecular weight excluding hydrogens is 216 g/mol. The second-order valence-electron chi connectivity index (χ2n) is 3.82. The van der Waals surface area contributed by atoms with Crippen molar-refractivity contribution in [3.63, 3.8) is 0 Å². The van der Waals surface area contributed by atoms with Crippen molar-refractivity contribution in [1.29, 1.82) is 0 Å². The van der Waals surface area contributed by atoms with Crippen LogP contribution in [0.5, 0.6) is 0 Å². The van der Waals surface area contributed by atoms with Crippen molar-refractivity contribution in [2.75, 3.05) is 0 Å². The standard InChI is InChI=1S/C13H16N2S/c1-2-6-11-9-16-13(15-11)12(14)10-7-4-3-5-8-10/h3-5,7-9,12H,2,6,14H2,1H3. The summed E-state index contributed by atoms with van der Waals surface area (Å²) in [7, 11) is 0. The second-order valence-corrected chi connectivity index (χ2v) is 4.71. The summed E-state index contributed by atoms with van der Waals surface area (Å²) in [4.78, 5) is 4.57. The number of rotatable bonds is 4. The maximum Gasteiger partial charge on any atom is 0.114 e. The van der Waals surface area contributed by atoms with Crippen LogP contribution < -0.4 is 5.73 Å². The number of aryl methyl sites for hydroxylation is 1. The van der Waals surface area contributed by atoms with Crippen molar-refractivity contribution in [3.8, 4) is 0 Å². The zero-order chi connectivity index (χ0) is 11.4. The van der Waals surface area contributed by atoms with Crippen LogP contribution >= 0.6 is 11.3 Å². The molecule has 1 aromatic heterocycles. The Hall–Kier alpha value is -1.19. The predicted octanol–water partition coefficient (Wildman–Crippen LogP) is 3.14. The van der Waals surface area contributed by atoms with E-state index in [-0.39, 0.29) is 6.04 Å². The van der Waals surface area contributed by atoms with E-state index in [0.717, 1.165) is 29.1 Å². The van der Waals surface area contributed by atoms with Gasteiger partial charge in [0, 0.05) is 5.38 Å². The SMILES string of the molecule is CCCc1csc(C(N)c2ccccc2)n1. The zero-order valence-corrected chi connectivity index (χ0v) is 10.2. The molecule has 0 saturated heterocycles. The summed E-state index contributed by atoms with van der Waals surface area (Å²) in [6, 6.07) is 10.0. The van der Waals surface area contributed by atoms with Crippen molar-refractivity contribution < 1.29 is 0 Å². The normalized spacial score (nSPS) is 12.6. The molecule has 0 aliphatic heterocycles. The molecule has 1 heterocycles. The van der Waals surface area contributed by atoms with Crippen molar-refractivity contribution in [3.05, 3.63) is 52.0 Å². The fourth-order valence-corrected chi connectivity index (χ4v) is 2.52. The van der Waals surface area contributed by atoms with Crippen LogP contribution in [0, 0.1) is 0 Å². The van der Waals surface area contributed by atoms with E-state index in [9.17, 15) is 0 Å². The van der Waals surface area contributed by atoms with E-state index in [0.29, 0.717) is 0 Å². The quantitative estimate of drug-likeness (QED) is 0.879. The van der Waals surface area contributed by atoms with Crippen molar-refractivity contribution in [2.24, 2.45) is 5.73 Å². The molecule has 0 radical (unpaired) electrons. The van der Waals surface area contributed by atoms with Gasteiger partial charge < -0.3 is 5.73 Å². The molecular formula is C13H16N2S. The Morgan fingerprint density at radius 1 is 1.31 bits per heavy atom. The maximum atomic E-state index is 6.17. The Bertz CT molecular complexity index is 436. The topological polar surface area (TPSA) is 38.9 Å². The van der Waals surface area contributed by atoms with E-state index in [1.165, 1.54) is 0 Å². The Kier molecular flexibility index (Phi) is 3.70. The monoisotopic (exact) mass is 232 g/mol. The molecule has 0 spiro atoms. The molecule has 0 aliphatic rings. The zero-order valence-electron chi connectivity index (χ0n) is 9.39. The molecule has 0 saturated carbocycles. The van der Waals surface area contributed by atoms with Gasteiger partial charge in [0.05, 0.1) is 11.7 Å². The van der Waals surface area contributed by atoms with Gasteiger partial charge in [0.15, 0.2) is 0 Å². The predicted molar refractivity (Wildman–Crippen MR) is 68.6 cm³/mol. The van der Waals surface area contributed by atoms with E-state index < -0.39 is 0 Å². The van der Waals surface area contributed by atoms with Crippen molar-refractivity contribution in [2.45, 2.75) is 25.8 Å². The van der Waals surface area contributed by atoms with E-state index in [1.807, 2.05) is 30.3 Å². The first-order valence-electron chi connectivity index (χ1n) is 5.56. The van der Waals surface area contributed by atoms with E-state index in [2.05, 4.69) is 17.3 Å². The van der Waals surface area contributed by atoms with Gasteiger partial charge in [-0.3, -0.25) is 0 Å². The van der Waals surface area contributed by atoms with Crippen LogP contribution in [-0.2, 0) is 6.42 Å². The minimum atomic E-state index is -0.0863. The molecule has 0 amide bonds. The highest BCUT2D eigenvalue weighted by Gasteiger charge is 2.12. The highest BCUT2D eigenvalue weighted by Crippen LogP contribution is 2.23. The molecule has 2 rings (SSSR count). The number of aromatic nitrogens is 1. The van der Waals surface area contributed by atoms with Gasteiger partial charge in [-0.25, -0.2) is 4.98 Å². The molecule has 84 valence electrons. The molecule has 16 heavy (non-hydrogen) atoms. The number of hydrogen-bond acceptors (Lipinski definition) is 3. The molecule has 1 aromatic carbocycles. The summed E-state index contributed by atoms with van der Waals surface area (Å²) in [6.07, 6.45) is 2.17. The molecule has 2 nitrogen and oxygen atoms in total. The fraction of sp³-hybridized carbons (Fsp3) is 0.308. The van der Waals surface area contributed by atoms with E-state index >= 15 is 0 Å². The highest BCUT2D eigenvalue weighted by molar-refractivity contribution is 7.09. The van der Waals surface area contributed by atoms with Gasteiger partial charge >= 0.3 is 0 Å². The minimum absolute atomic E-state index is 0.0863. The molecule has 0 aliphatic carbocycles. The van der Waals surface area contributed by atoms with Crippen LogP contribution in [0.4, 0.5) is 0 Å². The summed E-state index contributed by atoms with van der Waals surface area (Å²) in [5.41, 5.74) is 8.46. The summed E-state index contributed by atoms with van der Waals surface area (Å²) in [5.74, 6) is 0. The Labute approximate surface area is 100 Å². The van der Waals surface area contributed by atoms with Crippen LogP contribution in [0.1, 0.15) is 35.7 Å². The largest absolute Gasteiger partial charge is 0.318 e. The lowest BCUT2D eigenvalue weighted by atomic mass is 10.1. The van der Waals surface area contributed by atoms with Gasteiger partial charge in [-0.05, 0) is 12.0 Å². The first-order valence-corrected chi connectivity index (χ1v) is 6.44. The lowest BCUT2D eigenvalue weighted by Crippen LogP contribution is -2.11. The van der Waals surface area contributed by atoms with Gasteiger partial charge in [0.25, 0.3) is 0 Å². The number of nitrogens with two attached hydrogens (primary N) is 1. The smallest absolute Gasteiger partial charge is 0.114 e. The molecule has 2 N–H and O–H groups in total. The van der Waals surface area contributed by atoms with Crippen LogP contribution in [-0.4, -0.2) is 4.98 Å². The van der Waals surface area contributed by atoms with Crippen LogP contribution in [0.15, 0.2) is 35.7 Å². The highest BCUT2D eigenvalue weighted by atomic mass is 32.1. The van der Waals surface area contributed by atoms with Crippen LogP contribution in [0.3, 0.4) is 0 Å². The van der Waals surface area contributed by atoms with Crippen molar-refractivity contribution >= 4 is 11.3 Å². The summed E-state index contributed by atoms with van der Waals surface area (Å²) in [5, 5.41) is 3.12. The van der Waals surface area contributed by atoms with Crippen molar-refractivity contribution in [1.82, 2.24) is 4.98 Å². The number of benzene rings is 1. The third-order valence-electron chi connectivity index (χ3n) is 2.50. The summed E-state index contributed by atoms with van der Waals surface area (Å²) >= 11 is 1.66. The van der Waals surface area contributed by atoms with Crippen LogP contribution in [0.2, 0.25) is 0 Å². The summed E-state index contributed by atoms with van der Waals surface area (Å²) < 4.78 is 0. The second kappa shape index (κ2) is 5.23. The Balaban J connectivity index is 2.17. The average molecular weight is 232 g/mol. The molecule has 3 heteroatoms. The number of nitrogens with zero attached hydrogens (tertiary/aromatic N) is 1. The van der Waals surface area contributed by atoms with Gasteiger partial charge in [0.1, 0.15) is 5.01 Å². The molecule has 1 atom stereocenters.